The van der Waals surface area contributed by atoms with Crippen LogP contribution in [-0.2, 0) is 0 Å². The van der Waals surface area contributed by atoms with Crippen LogP contribution in [0, 0.1) is 5.82 Å². The maximum Gasteiger partial charge on any atom is 0.124 e. The van der Waals surface area contributed by atoms with Gasteiger partial charge < -0.3 is 5.73 Å². The van der Waals surface area contributed by atoms with Crippen molar-refractivity contribution in [2.75, 3.05) is 0 Å². The van der Waals surface area contributed by atoms with Crippen molar-refractivity contribution in [1.29, 1.82) is 0 Å². The molecule has 1 nitrogen and oxygen atoms in total. The summed E-state index contributed by atoms with van der Waals surface area (Å²) in [6, 6.07) is 36.9. The van der Waals surface area contributed by atoms with Gasteiger partial charge >= 0.3 is 0 Å². The molecule has 1 unspecified atom stereocenters. The van der Waals surface area contributed by atoms with E-state index in [-0.39, 0.29) is 11.9 Å². The predicted molar refractivity (Wildman–Crippen MR) is 136 cm³/mol. The first-order valence-electron chi connectivity index (χ1n) is 10.3. The molecule has 2 N–H and O–H groups in total. The summed E-state index contributed by atoms with van der Waals surface area (Å²) in [6.07, 6.45) is 0.851. The van der Waals surface area contributed by atoms with Crippen molar-refractivity contribution in [3.05, 3.63) is 125 Å². The molecule has 31 heavy (non-hydrogen) atoms. The molecule has 0 aliphatic rings. The summed E-state index contributed by atoms with van der Waals surface area (Å²) >= 11 is 3.27. The fraction of sp³-hybridized carbons (Fsp3) is 0.111. The van der Waals surface area contributed by atoms with Gasteiger partial charge in [0.15, 0.2) is 0 Å². The average molecular weight is 494 g/mol. The van der Waals surface area contributed by atoms with E-state index in [1.807, 2.05) is 6.92 Å². The zero-order valence-corrected chi connectivity index (χ0v) is 19.9. The van der Waals surface area contributed by atoms with Crippen LogP contribution in [0.25, 0.3) is 0 Å². The Kier molecular flexibility index (Phi) is 8.97. The third-order valence-corrected chi connectivity index (χ3v) is 7.98. The van der Waals surface area contributed by atoms with E-state index in [0.29, 0.717) is 0 Å². The van der Waals surface area contributed by atoms with Gasteiger partial charge in [-0.05, 0) is 48.0 Å². The molecule has 0 radical (unpaired) electrons. The standard InChI is InChI=1S/C18H15P.C9H11BrFN/c1-4-10-16(11-5-1)19(17-12-6-2-7-13-17)18-14-8-3-9-15-18;1-2-9(12)7-4-3-6(11)5-8(7)10/h1-15H;3-5,9H,2,12H2,1H3. The first-order chi connectivity index (χ1) is 15.1. The molecule has 0 heterocycles. The highest BCUT2D eigenvalue weighted by Crippen LogP contribution is 2.32. The normalized spacial score (nSPS) is 11.5. The average Bonchev–Trinajstić information content (AvgIpc) is 2.81. The Labute approximate surface area is 194 Å². The summed E-state index contributed by atoms with van der Waals surface area (Å²) in [5.41, 5.74) is 6.75. The summed E-state index contributed by atoms with van der Waals surface area (Å²) in [5, 5.41) is 4.19. The molecule has 0 saturated carbocycles. The number of rotatable bonds is 5. The smallest absolute Gasteiger partial charge is 0.124 e. The molecule has 0 aliphatic carbocycles. The predicted octanol–water partition coefficient (Wildman–Crippen LogP) is 6.44. The van der Waals surface area contributed by atoms with Gasteiger partial charge in [-0.1, -0.05) is 120 Å². The summed E-state index contributed by atoms with van der Waals surface area (Å²) in [5.74, 6) is -0.242. The molecule has 0 aliphatic heterocycles. The molecule has 1 atom stereocenters. The fourth-order valence-electron chi connectivity index (χ4n) is 3.20. The summed E-state index contributed by atoms with van der Waals surface area (Å²) in [4.78, 5) is 0. The van der Waals surface area contributed by atoms with E-state index < -0.39 is 7.92 Å². The Bertz CT molecular complexity index is 964. The highest BCUT2D eigenvalue weighted by molar-refractivity contribution is 9.10. The van der Waals surface area contributed by atoms with Crippen molar-refractivity contribution in [1.82, 2.24) is 0 Å². The number of halogens is 2. The minimum absolute atomic E-state index is 0.0139. The minimum atomic E-state index is -0.446. The SMILES string of the molecule is CCC(N)c1ccc(F)cc1Br.c1ccc(P(c2ccccc2)c2ccccc2)cc1. The molecule has 4 aromatic carbocycles. The van der Waals surface area contributed by atoms with Crippen LogP contribution in [0.4, 0.5) is 4.39 Å². The number of benzene rings is 4. The van der Waals surface area contributed by atoms with Crippen LogP contribution < -0.4 is 21.6 Å². The molecular formula is C27H26BrFNP. The van der Waals surface area contributed by atoms with Crippen LogP contribution in [0.15, 0.2) is 114 Å². The fourth-order valence-corrected chi connectivity index (χ4v) is 6.15. The van der Waals surface area contributed by atoms with Gasteiger partial charge in [-0.15, -0.1) is 0 Å². The Morgan fingerprint density at radius 3 is 1.52 bits per heavy atom. The lowest BCUT2D eigenvalue weighted by atomic mass is 10.1. The van der Waals surface area contributed by atoms with Crippen molar-refractivity contribution in [3.8, 4) is 0 Å². The quantitative estimate of drug-likeness (QED) is 0.318. The third-order valence-electron chi connectivity index (χ3n) is 4.84. The maximum atomic E-state index is 12.6. The van der Waals surface area contributed by atoms with Crippen LogP contribution in [0.5, 0.6) is 0 Å². The van der Waals surface area contributed by atoms with Gasteiger partial charge in [0.25, 0.3) is 0 Å². The molecule has 0 spiro atoms. The summed E-state index contributed by atoms with van der Waals surface area (Å²) < 4.78 is 13.4. The largest absolute Gasteiger partial charge is 0.324 e. The van der Waals surface area contributed by atoms with E-state index in [2.05, 4.69) is 107 Å². The second-order valence-corrected chi connectivity index (χ2v) is 10.1. The molecule has 0 fully saturated rings. The molecule has 0 saturated heterocycles. The molecule has 4 heteroatoms. The highest BCUT2D eigenvalue weighted by Gasteiger charge is 2.15. The lowest BCUT2D eigenvalue weighted by molar-refractivity contribution is 0.622. The Hall–Kier alpha value is -2.32. The Balaban J connectivity index is 0.000000196. The zero-order chi connectivity index (χ0) is 22.1. The van der Waals surface area contributed by atoms with Gasteiger partial charge in [0, 0.05) is 10.5 Å². The number of nitrogens with two attached hydrogens (primary N) is 1. The third kappa shape index (κ3) is 6.58. The lowest BCUT2D eigenvalue weighted by Crippen LogP contribution is -2.20. The van der Waals surface area contributed by atoms with Crippen molar-refractivity contribution >= 4 is 39.8 Å². The molecular weight excluding hydrogens is 468 g/mol. The van der Waals surface area contributed by atoms with Gasteiger partial charge in [0.2, 0.25) is 0 Å². The first kappa shape index (κ1) is 23.3. The molecule has 0 aromatic heterocycles. The van der Waals surface area contributed by atoms with Gasteiger partial charge in [-0.2, -0.15) is 0 Å². The highest BCUT2D eigenvalue weighted by atomic mass is 79.9. The maximum absolute atomic E-state index is 12.6. The van der Waals surface area contributed by atoms with E-state index in [1.54, 1.807) is 6.07 Å². The van der Waals surface area contributed by atoms with Crippen LogP contribution in [0.2, 0.25) is 0 Å². The van der Waals surface area contributed by atoms with Crippen molar-refractivity contribution in [2.24, 2.45) is 5.73 Å². The van der Waals surface area contributed by atoms with Crippen LogP contribution in [0.1, 0.15) is 24.9 Å². The van der Waals surface area contributed by atoms with Crippen molar-refractivity contribution in [3.63, 3.8) is 0 Å². The van der Waals surface area contributed by atoms with Gasteiger partial charge in [0.1, 0.15) is 5.82 Å². The Morgan fingerprint density at radius 1 is 0.742 bits per heavy atom. The van der Waals surface area contributed by atoms with E-state index in [0.717, 1.165) is 16.5 Å². The second-order valence-electron chi connectivity index (χ2n) is 7.02. The van der Waals surface area contributed by atoms with Gasteiger partial charge in [-0.25, -0.2) is 4.39 Å². The van der Waals surface area contributed by atoms with Crippen molar-refractivity contribution < 1.29 is 4.39 Å². The molecule has 0 amide bonds. The molecule has 158 valence electrons. The number of hydrogen-bond donors (Lipinski definition) is 1. The van der Waals surface area contributed by atoms with Crippen LogP contribution in [-0.4, -0.2) is 0 Å². The zero-order valence-electron chi connectivity index (χ0n) is 17.5. The molecule has 0 bridgehead atoms. The van der Waals surface area contributed by atoms with E-state index in [9.17, 15) is 4.39 Å². The number of hydrogen-bond acceptors (Lipinski definition) is 1. The van der Waals surface area contributed by atoms with E-state index in [1.165, 1.54) is 28.0 Å². The lowest BCUT2D eigenvalue weighted by Gasteiger charge is -2.18. The van der Waals surface area contributed by atoms with Gasteiger partial charge in [0.05, 0.1) is 0 Å². The topological polar surface area (TPSA) is 26.0 Å². The van der Waals surface area contributed by atoms with Gasteiger partial charge in [-0.3, -0.25) is 0 Å². The Morgan fingerprint density at radius 2 is 1.16 bits per heavy atom. The molecule has 4 rings (SSSR count). The first-order valence-corrected chi connectivity index (χ1v) is 12.4. The summed E-state index contributed by atoms with van der Waals surface area (Å²) in [7, 11) is -0.446. The monoisotopic (exact) mass is 493 g/mol. The van der Waals surface area contributed by atoms with E-state index >= 15 is 0 Å². The molecule has 4 aromatic rings. The summed E-state index contributed by atoms with van der Waals surface area (Å²) in [6.45, 7) is 2.00. The van der Waals surface area contributed by atoms with Crippen molar-refractivity contribution in [2.45, 2.75) is 19.4 Å². The minimum Gasteiger partial charge on any atom is -0.324 e. The van der Waals surface area contributed by atoms with Crippen LogP contribution >= 0.6 is 23.9 Å². The van der Waals surface area contributed by atoms with Crippen LogP contribution in [0.3, 0.4) is 0 Å². The second kappa shape index (κ2) is 11.9. The van der Waals surface area contributed by atoms with E-state index in [4.69, 9.17) is 5.73 Å².